The van der Waals surface area contributed by atoms with Crippen LogP contribution >= 0.6 is 0 Å². The fraction of sp³-hybridized carbons (Fsp3) is 0.474. The predicted molar refractivity (Wildman–Crippen MR) is 90.9 cm³/mol. The van der Waals surface area contributed by atoms with E-state index in [-0.39, 0.29) is 17.9 Å². The summed E-state index contributed by atoms with van der Waals surface area (Å²) in [4.78, 5) is 14.7. The minimum Gasteiger partial charge on any atom is -0.395 e. The molecule has 1 N–H and O–H groups in total. The molecule has 3 heterocycles. The fourth-order valence-corrected chi connectivity index (χ4v) is 3.98. The molecule has 1 atom stereocenters. The SMILES string of the molecule is O=C(c1cc2n(n1)CCCC2)N1CC[C@](CO)(c2ccccc2)C1. The number of aliphatic hydroxyl groups is 1. The second-order valence-electron chi connectivity index (χ2n) is 6.98. The second-order valence-corrected chi connectivity index (χ2v) is 6.98. The molecular formula is C19H23N3O2. The highest BCUT2D eigenvalue weighted by molar-refractivity contribution is 5.92. The molecule has 1 amide bonds. The Balaban J connectivity index is 1.55. The van der Waals surface area contributed by atoms with Crippen LogP contribution in [0.3, 0.4) is 0 Å². The van der Waals surface area contributed by atoms with Crippen molar-refractivity contribution in [1.29, 1.82) is 0 Å². The van der Waals surface area contributed by atoms with Gasteiger partial charge in [-0.3, -0.25) is 9.48 Å². The Bertz CT molecular complexity index is 717. The van der Waals surface area contributed by atoms with Gasteiger partial charge < -0.3 is 10.0 Å². The molecule has 2 aromatic rings. The Kier molecular flexibility index (Phi) is 3.88. The molecule has 1 aromatic heterocycles. The number of aliphatic hydroxyl groups excluding tert-OH is 1. The topological polar surface area (TPSA) is 58.4 Å². The van der Waals surface area contributed by atoms with Crippen molar-refractivity contribution >= 4 is 5.91 Å². The Morgan fingerprint density at radius 1 is 1.21 bits per heavy atom. The second kappa shape index (κ2) is 6.06. The number of benzene rings is 1. The summed E-state index contributed by atoms with van der Waals surface area (Å²) in [7, 11) is 0. The molecule has 2 aliphatic heterocycles. The van der Waals surface area contributed by atoms with Crippen LogP contribution < -0.4 is 0 Å². The van der Waals surface area contributed by atoms with Crippen LogP contribution in [0.2, 0.25) is 0 Å². The largest absolute Gasteiger partial charge is 0.395 e. The molecule has 0 spiro atoms. The molecule has 1 aromatic carbocycles. The van der Waals surface area contributed by atoms with Gasteiger partial charge in [-0.1, -0.05) is 30.3 Å². The van der Waals surface area contributed by atoms with Crippen molar-refractivity contribution in [2.45, 2.75) is 37.6 Å². The van der Waals surface area contributed by atoms with E-state index in [1.807, 2.05) is 46.0 Å². The third-order valence-corrected chi connectivity index (χ3v) is 5.47. The van der Waals surface area contributed by atoms with Gasteiger partial charge in [0.05, 0.1) is 6.61 Å². The average Bonchev–Trinajstić information content (AvgIpc) is 3.27. The zero-order chi connectivity index (χ0) is 16.6. The first-order valence-corrected chi connectivity index (χ1v) is 8.74. The Morgan fingerprint density at radius 3 is 2.79 bits per heavy atom. The zero-order valence-electron chi connectivity index (χ0n) is 13.8. The summed E-state index contributed by atoms with van der Waals surface area (Å²) >= 11 is 0. The van der Waals surface area contributed by atoms with Gasteiger partial charge in [0.15, 0.2) is 5.69 Å². The standard InChI is InChI=1S/C19H23N3O2/c23-14-19(15-6-2-1-3-7-15)9-11-21(13-19)18(24)17-12-16-8-4-5-10-22(16)20-17/h1-3,6-7,12,23H,4-5,8-11,13-14H2/t19-/m0/s1. The van der Waals surface area contributed by atoms with E-state index in [1.165, 1.54) is 12.1 Å². The number of fused-ring (bicyclic) bond motifs is 1. The van der Waals surface area contributed by atoms with Gasteiger partial charge >= 0.3 is 0 Å². The lowest BCUT2D eigenvalue weighted by molar-refractivity contribution is 0.0767. The predicted octanol–water partition coefficient (Wildman–Crippen LogP) is 2.00. The summed E-state index contributed by atoms with van der Waals surface area (Å²) in [5.74, 6) is -0.0110. The van der Waals surface area contributed by atoms with E-state index in [9.17, 15) is 9.90 Å². The number of aromatic nitrogens is 2. The average molecular weight is 325 g/mol. The Labute approximate surface area is 141 Å². The molecule has 0 aliphatic carbocycles. The van der Waals surface area contributed by atoms with Gasteiger partial charge in [-0.25, -0.2) is 0 Å². The molecule has 5 nitrogen and oxygen atoms in total. The number of nitrogens with zero attached hydrogens (tertiary/aromatic N) is 3. The van der Waals surface area contributed by atoms with Crippen molar-refractivity contribution < 1.29 is 9.90 Å². The van der Waals surface area contributed by atoms with Crippen molar-refractivity contribution in [3.63, 3.8) is 0 Å². The van der Waals surface area contributed by atoms with Crippen molar-refractivity contribution in [3.05, 3.63) is 53.3 Å². The number of hydrogen-bond donors (Lipinski definition) is 1. The van der Waals surface area contributed by atoms with E-state index >= 15 is 0 Å². The molecule has 126 valence electrons. The molecule has 2 aliphatic rings. The van der Waals surface area contributed by atoms with Crippen molar-refractivity contribution in [3.8, 4) is 0 Å². The highest BCUT2D eigenvalue weighted by Crippen LogP contribution is 2.34. The van der Waals surface area contributed by atoms with Crippen LogP contribution in [-0.4, -0.2) is 45.4 Å². The van der Waals surface area contributed by atoms with Gasteiger partial charge in [-0.05, 0) is 37.3 Å². The third-order valence-electron chi connectivity index (χ3n) is 5.47. The molecule has 1 fully saturated rings. The normalized spacial score (nSPS) is 23.3. The maximum atomic E-state index is 12.9. The molecular weight excluding hydrogens is 302 g/mol. The van der Waals surface area contributed by atoms with Gasteiger partial charge in [0.2, 0.25) is 0 Å². The number of hydrogen-bond acceptors (Lipinski definition) is 3. The summed E-state index contributed by atoms with van der Waals surface area (Å²) in [6, 6.07) is 12.0. The van der Waals surface area contributed by atoms with Crippen molar-refractivity contribution in [2.24, 2.45) is 0 Å². The number of carbonyl (C=O) groups excluding carboxylic acids is 1. The third kappa shape index (κ3) is 2.53. The number of likely N-dealkylation sites (tertiary alicyclic amines) is 1. The maximum absolute atomic E-state index is 12.9. The lowest BCUT2D eigenvalue weighted by atomic mass is 9.80. The Morgan fingerprint density at radius 2 is 2.04 bits per heavy atom. The molecule has 1 saturated heterocycles. The van der Waals surface area contributed by atoms with E-state index in [4.69, 9.17) is 0 Å². The minimum atomic E-state index is -0.351. The van der Waals surface area contributed by atoms with Gasteiger partial charge in [0, 0.05) is 30.7 Å². The zero-order valence-corrected chi connectivity index (χ0v) is 13.8. The number of carbonyl (C=O) groups is 1. The van der Waals surface area contributed by atoms with Gasteiger partial charge in [-0.2, -0.15) is 5.10 Å². The van der Waals surface area contributed by atoms with Crippen LogP contribution in [0.5, 0.6) is 0 Å². The fourth-order valence-electron chi connectivity index (χ4n) is 3.98. The van der Waals surface area contributed by atoms with Crippen LogP contribution in [0.1, 0.15) is 41.0 Å². The first-order valence-electron chi connectivity index (χ1n) is 8.74. The molecule has 0 saturated carbocycles. The van der Waals surface area contributed by atoms with E-state index in [1.54, 1.807) is 0 Å². The van der Waals surface area contributed by atoms with Crippen LogP contribution in [0.4, 0.5) is 0 Å². The number of aryl methyl sites for hydroxylation is 2. The first-order chi connectivity index (χ1) is 11.7. The van der Waals surface area contributed by atoms with Gasteiger partial charge in [-0.15, -0.1) is 0 Å². The van der Waals surface area contributed by atoms with Crippen LogP contribution in [0.15, 0.2) is 36.4 Å². The van der Waals surface area contributed by atoms with E-state index in [2.05, 4.69) is 5.10 Å². The van der Waals surface area contributed by atoms with Crippen molar-refractivity contribution in [2.75, 3.05) is 19.7 Å². The van der Waals surface area contributed by atoms with Gasteiger partial charge in [0.25, 0.3) is 5.91 Å². The van der Waals surface area contributed by atoms with E-state index in [0.29, 0.717) is 18.8 Å². The number of amides is 1. The lowest BCUT2D eigenvalue weighted by Gasteiger charge is -2.27. The van der Waals surface area contributed by atoms with Gasteiger partial charge in [0.1, 0.15) is 0 Å². The van der Waals surface area contributed by atoms with Crippen molar-refractivity contribution in [1.82, 2.24) is 14.7 Å². The molecule has 0 radical (unpaired) electrons. The molecule has 4 rings (SSSR count). The summed E-state index contributed by atoms with van der Waals surface area (Å²) in [6.07, 6.45) is 4.09. The monoisotopic (exact) mass is 325 g/mol. The molecule has 0 bridgehead atoms. The molecule has 24 heavy (non-hydrogen) atoms. The lowest BCUT2D eigenvalue weighted by Crippen LogP contribution is -2.37. The quantitative estimate of drug-likeness (QED) is 0.939. The maximum Gasteiger partial charge on any atom is 0.274 e. The smallest absolute Gasteiger partial charge is 0.274 e. The van der Waals surface area contributed by atoms with E-state index < -0.39 is 0 Å². The van der Waals surface area contributed by atoms with Crippen LogP contribution in [-0.2, 0) is 18.4 Å². The highest BCUT2D eigenvalue weighted by atomic mass is 16.3. The Hall–Kier alpha value is -2.14. The first kappa shape index (κ1) is 15.4. The molecule has 5 heteroatoms. The summed E-state index contributed by atoms with van der Waals surface area (Å²) < 4.78 is 1.98. The van der Waals surface area contributed by atoms with Crippen LogP contribution in [0.25, 0.3) is 0 Å². The molecule has 0 unspecified atom stereocenters. The minimum absolute atomic E-state index is 0.0110. The summed E-state index contributed by atoms with van der Waals surface area (Å²) in [5, 5.41) is 14.5. The highest BCUT2D eigenvalue weighted by Gasteiger charge is 2.41. The number of rotatable bonds is 3. The van der Waals surface area contributed by atoms with Crippen LogP contribution in [0, 0.1) is 0 Å². The summed E-state index contributed by atoms with van der Waals surface area (Å²) in [6.45, 7) is 2.18. The summed E-state index contributed by atoms with van der Waals surface area (Å²) in [5.41, 5.74) is 2.47. The van der Waals surface area contributed by atoms with E-state index in [0.717, 1.165) is 31.4 Å².